The standard InChI is InChI=1S/C12H17N5/c1-4-5-17-7-10(9(3)16-17)11-6-8(2)14-12(13)15-11/h6-7H,4-5H2,1-3H3,(H2,13,14,15). The third-order valence-corrected chi connectivity index (χ3v) is 2.55. The number of rotatable bonds is 3. The molecule has 0 saturated carbocycles. The van der Waals surface area contributed by atoms with Crippen LogP contribution in [-0.2, 0) is 6.54 Å². The molecule has 2 rings (SSSR count). The van der Waals surface area contributed by atoms with Crippen LogP contribution >= 0.6 is 0 Å². The van der Waals surface area contributed by atoms with Gasteiger partial charge < -0.3 is 5.73 Å². The molecule has 2 heterocycles. The molecule has 17 heavy (non-hydrogen) atoms. The van der Waals surface area contributed by atoms with Crippen molar-refractivity contribution in [2.75, 3.05) is 5.73 Å². The highest BCUT2D eigenvalue weighted by Gasteiger charge is 2.09. The zero-order valence-corrected chi connectivity index (χ0v) is 10.4. The Hall–Kier alpha value is -1.91. The first-order chi connectivity index (χ1) is 8.10. The lowest BCUT2D eigenvalue weighted by Crippen LogP contribution is -1.98. The molecule has 0 saturated heterocycles. The maximum Gasteiger partial charge on any atom is 0.220 e. The summed E-state index contributed by atoms with van der Waals surface area (Å²) in [7, 11) is 0. The highest BCUT2D eigenvalue weighted by molar-refractivity contribution is 5.62. The summed E-state index contributed by atoms with van der Waals surface area (Å²) >= 11 is 0. The fourth-order valence-electron chi connectivity index (χ4n) is 1.84. The predicted octanol–water partition coefficient (Wildman–Crippen LogP) is 1.95. The molecule has 2 aromatic rings. The van der Waals surface area contributed by atoms with Crippen molar-refractivity contribution < 1.29 is 0 Å². The van der Waals surface area contributed by atoms with Gasteiger partial charge in [-0.1, -0.05) is 6.92 Å². The average Bonchev–Trinajstić information content (AvgIpc) is 2.58. The van der Waals surface area contributed by atoms with Gasteiger partial charge in [0.25, 0.3) is 0 Å². The van der Waals surface area contributed by atoms with E-state index in [-0.39, 0.29) is 0 Å². The molecule has 2 N–H and O–H groups in total. The van der Waals surface area contributed by atoms with Crippen molar-refractivity contribution in [2.24, 2.45) is 0 Å². The van der Waals surface area contributed by atoms with Crippen LogP contribution in [0.4, 0.5) is 5.95 Å². The molecule has 2 aromatic heterocycles. The lowest BCUT2D eigenvalue weighted by molar-refractivity contribution is 0.598. The Balaban J connectivity index is 2.44. The Bertz CT molecular complexity index is 509. The summed E-state index contributed by atoms with van der Waals surface area (Å²) in [4.78, 5) is 8.32. The highest BCUT2D eigenvalue weighted by Crippen LogP contribution is 2.21. The topological polar surface area (TPSA) is 69.6 Å². The van der Waals surface area contributed by atoms with Gasteiger partial charge in [-0.2, -0.15) is 5.10 Å². The molecule has 0 aliphatic rings. The van der Waals surface area contributed by atoms with Crippen molar-refractivity contribution in [3.8, 4) is 11.3 Å². The predicted molar refractivity (Wildman–Crippen MR) is 67.4 cm³/mol. The van der Waals surface area contributed by atoms with Gasteiger partial charge >= 0.3 is 0 Å². The summed E-state index contributed by atoms with van der Waals surface area (Å²) in [5.74, 6) is 0.308. The second-order valence-corrected chi connectivity index (χ2v) is 4.14. The molecular formula is C12H17N5. The van der Waals surface area contributed by atoms with Gasteiger partial charge in [0, 0.05) is 24.0 Å². The van der Waals surface area contributed by atoms with Crippen LogP contribution in [0.5, 0.6) is 0 Å². The van der Waals surface area contributed by atoms with E-state index in [1.54, 1.807) is 0 Å². The second-order valence-electron chi connectivity index (χ2n) is 4.14. The molecule has 0 unspecified atom stereocenters. The van der Waals surface area contributed by atoms with E-state index >= 15 is 0 Å². The van der Waals surface area contributed by atoms with E-state index in [2.05, 4.69) is 22.0 Å². The Morgan fingerprint density at radius 1 is 1.29 bits per heavy atom. The molecule has 0 aliphatic heterocycles. The van der Waals surface area contributed by atoms with E-state index in [1.165, 1.54) is 0 Å². The first-order valence-corrected chi connectivity index (χ1v) is 5.75. The molecule has 0 spiro atoms. The monoisotopic (exact) mass is 231 g/mol. The molecule has 0 radical (unpaired) electrons. The lowest BCUT2D eigenvalue weighted by Gasteiger charge is -2.01. The second kappa shape index (κ2) is 4.53. The van der Waals surface area contributed by atoms with Crippen LogP contribution in [0.1, 0.15) is 24.7 Å². The molecule has 90 valence electrons. The largest absolute Gasteiger partial charge is 0.368 e. The van der Waals surface area contributed by atoms with E-state index in [4.69, 9.17) is 5.73 Å². The lowest BCUT2D eigenvalue weighted by atomic mass is 10.2. The van der Waals surface area contributed by atoms with Gasteiger partial charge in [0.15, 0.2) is 0 Å². The zero-order valence-electron chi connectivity index (χ0n) is 10.4. The SMILES string of the molecule is CCCn1cc(-c2cc(C)nc(N)n2)c(C)n1. The molecule has 0 aromatic carbocycles. The van der Waals surface area contributed by atoms with E-state index in [0.29, 0.717) is 5.95 Å². The molecule has 0 bridgehead atoms. The normalized spacial score (nSPS) is 10.8. The summed E-state index contributed by atoms with van der Waals surface area (Å²) in [6.07, 6.45) is 3.07. The number of nitrogens with two attached hydrogens (primary N) is 1. The molecular weight excluding hydrogens is 214 g/mol. The van der Waals surface area contributed by atoms with Crippen LogP contribution in [-0.4, -0.2) is 19.7 Å². The van der Waals surface area contributed by atoms with Crippen LogP contribution in [0.2, 0.25) is 0 Å². The van der Waals surface area contributed by atoms with E-state index in [9.17, 15) is 0 Å². The smallest absolute Gasteiger partial charge is 0.220 e. The number of anilines is 1. The van der Waals surface area contributed by atoms with Crippen LogP contribution < -0.4 is 5.73 Å². The zero-order chi connectivity index (χ0) is 12.4. The fraction of sp³-hybridized carbons (Fsp3) is 0.417. The van der Waals surface area contributed by atoms with Crippen molar-refractivity contribution in [3.63, 3.8) is 0 Å². The van der Waals surface area contributed by atoms with Gasteiger partial charge in [-0.3, -0.25) is 4.68 Å². The highest BCUT2D eigenvalue weighted by atomic mass is 15.3. The molecule has 0 amide bonds. The summed E-state index contributed by atoms with van der Waals surface area (Å²) in [5, 5.41) is 4.45. The minimum atomic E-state index is 0.308. The summed E-state index contributed by atoms with van der Waals surface area (Å²) < 4.78 is 1.94. The van der Waals surface area contributed by atoms with Crippen LogP contribution in [0.25, 0.3) is 11.3 Å². The molecule has 5 nitrogen and oxygen atoms in total. The molecule has 5 heteroatoms. The van der Waals surface area contributed by atoms with Gasteiger partial charge in [-0.25, -0.2) is 9.97 Å². The van der Waals surface area contributed by atoms with E-state index in [0.717, 1.165) is 35.6 Å². The molecule has 0 aliphatic carbocycles. The van der Waals surface area contributed by atoms with Gasteiger partial charge in [0.2, 0.25) is 5.95 Å². The van der Waals surface area contributed by atoms with Crippen molar-refractivity contribution in [1.82, 2.24) is 19.7 Å². The maximum absolute atomic E-state index is 5.66. The summed E-state index contributed by atoms with van der Waals surface area (Å²) in [6, 6.07) is 1.93. The van der Waals surface area contributed by atoms with Gasteiger partial charge in [0.05, 0.1) is 11.4 Å². The Labute approximate surface area is 101 Å². The quantitative estimate of drug-likeness (QED) is 0.876. The number of nitrogen functional groups attached to an aromatic ring is 1. The Morgan fingerprint density at radius 2 is 2.06 bits per heavy atom. The Kier molecular flexibility index (Phi) is 3.08. The van der Waals surface area contributed by atoms with Crippen LogP contribution in [0.15, 0.2) is 12.3 Å². The molecule has 0 atom stereocenters. The molecule has 0 fully saturated rings. The minimum absolute atomic E-state index is 0.308. The van der Waals surface area contributed by atoms with Crippen molar-refractivity contribution >= 4 is 5.95 Å². The number of aryl methyl sites for hydroxylation is 3. The number of nitrogens with zero attached hydrogens (tertiary/aromatic N) is 4. The first-order valence-electron chi connectivity index (χ1n) is 5.75. The third kappa shape index (κ3) is 2.43. The fourth-order valence-corrected chi connectivity index (χ4v) is 1.84. The van der Waals surface area contributed by atoms with Crippen molar-refractivity contribution in [3.05, 3.63) is 23.7 Å². The number of aromatic nitrogens is 4. The van der Waals surface area contributed by atoms with Crippen molar-refractivity contribution in [2.45, 2.75) is 33.7 Å². The Morgan fingerprint density at radius 3 is 2.71 bits per heavy atom. The summed E-state index contributed by atoms with van der Waals surface area (Å²) in [5.41, 5.74) is 9.37. The number of hydrogen-bond donors (Lipinski definition) is 1. The van der Waals surface area contributed by atoms with Crippen LogP contribution in [0.3, 0.4) is 0 Å². The van der Waals surface area contributed by atoms with Gasteiger partial charge in [0.1, 0.15) is 0 Å². The number of hydrogen-bond acceptors (Lipinski definition) is 4. The van der Waals surface area contributed by atoms with Gasteiger partial charge in [-0.05, 0) is 26.3 Å². The maximum atomic E-state index is 5.66. The van der Waals surface area contributed by atoms with Gasteiger partial charge in [-0.15, -0.1) is 0 Å². The van der Waals surface area contributed by atoms with E-state index in [1.807, 2.05) is 30.8 Å². The minimum Gasteiger partial charge on any atom is -0.368 e. The summed E-state index contributed by atoms with van der Waals surface area (Å²) in [6.45, 7) is 6.94. The van der Waals surface area contributed by atoms with Crippen LogP contribution in [0, 0.1) is 13.8 Å². The van der Waals surface area contributed by atoms with Crippen molar-refractivity contribution in [1.29, 1.82) is 0 Å². The first kappa shape index (κ1) is 11.6. The third-order valence-electron chi connectivity index (χ3n) is 2.55. The van der Waals surface area contributed by atoms with E-state index < -0.39 is 0 Å². The average molecular weight is 231 g/mol.